The van der Waals surface area contributed by atoms with Gasteiger partial charge in [-0.3, -0.25) is 14.9 Å². The lowest BCUT2D eigenvalue weighted by Gasteiger charge is -2.21. The summed E-state index contributed by atoms with van der Waals surface area (Å²) in [5.74, 6) is -1.38. The second kappa shape index (κ2) is 9.25. The number of aryl methyl sites for hydroxylation is 1. The minimum absolute atomic E-state index is 0.0162. The fourth-order valence-electron chi connectivity index (χ4n) is 4.75. The molecule has 0 spiro atoms. The second-order valence-electron chi connectivity index (χ2n) is 9.04. The Hall–Kier alpha value is -4.13. The summed E-state index contributed by atoms with van der Waals surface area (Å²) in [4.78, 5) is 38.0. The van der Waals surface area contributed by atoms with Gasteiger partial charge in [0.25, 0.3) is 5.91 Å². The first kappa shape index (κ1) is 22.7. The SMILES string of the molecule is Cc1cc(C(=O)N(CC(=O)O)C2CC2)ccc1NC(=O)OCC1c2ccccc2-c2ccccc21. The minimum atomic E-state index is -1.03. The van der Waals surface area contributed by atoms with Crippen LogP contribution >= 0.6 is 0 Å². The third-order valence-electron chi connectivity index (χ3n) is 6.61. The van der Waals surface area contributed by atoms with E-state index in [2.05, 4.69) is 29.6 Å². The van der Waals surface area contributed by atoms with Crippen LogP contribution in [0.2, 0.25) is 0 Å². The number of aliphatic carboxylic acids is 1. The number of carbonyl (C=O) groups excluding carboxylic acids is 2. The van der Waals surface area contributed by atoms with E-state index in [1.807, 2.05) is 24.3 Å². The molecule has 2 amide bonds. The maximum atomic E-state index is 12.8. The molecule has 0 bridgehead atoms. The Balaban J connectivity index is 1.25. The monoisotopic (exact) mass is 470 g/mol. The third-order valence-corrected chi connectivity index (χ3v) is 6.61. The van der Waals surface area contributed by atoms with Crippen LogP contribution in [0.3, 0.4) is 0 Å². The molecule has 0 radical (unpaired) electrons. The molecule has 35 heavy (non-hydrogen) atoms. The number of fused-ring (bicyclic) bond motifs is 3. The van der Waals surface area contributed by atoms with E-state index < -0.39 is 12.1 Å². The van der Waals surface area contributed by atoms with Crippen molar-refractivity contribution in [2.24, 2.45) is 0 Å². The molecule has 3 aromatic rings. The van der Waals surface area contributed by atoms with Crippen LogP contribution in [-0.2, 0) is 9.53 Å². The molecule has 2 aliphatic rings. The number of carbonyl (C=O) groups is 3. The van der Waals surface area contributed by atoms with Crippen molar-refractivity contribution in [3.05, 3.63) is 89.0 Å². The van der Waals surface area contributed by atoms with Gasteiger partial charge in [-0.15, -0.1) is 0 Å². The zero-order chi connectivity index (χ0) is 24.5. The number of carboxylic acids is 1. The molecule has 1 fully saturated rings. The summed E-state index contributed by atoms with van der Waals surface area (Å²) in [6.45, 7) is 1.68. The van der Waals surface area contributed by atoms with Crippen molar-refractivity contribution in [2.45, 2.75) is 31.7 Å². The highest BCUT2D eigenvalue weighted by Crippen LogP contribution is 2.44. The molecule has 0 atom stereocenters. The van der Waals surface area contributed by atoms with Crippen molar-refractivity contribution < 1.29 is 24.2 Å². The number of benzene rings is 3. The summed E-state index contributed by atoms with van der Waals surface area (Å²) >= 11 is 0. The summed E-state index contributed by atoms with van der Waals surface area (Å²) in [6, 6.07) is 21.2. The predicted molar refractivity (Wildman–Crippen MR) is 132 cm³/mol. The van der Waals surface area contributed by atoms with E-state index in [9.17, 15) is 14.4 Å². The first-order valence-electron chi connectivity index (χ1n) is 11.7. The standard InChI is InChI=1S/C28H26N2O5/c1-17-14-18(27(33)30(15-26(31)32)19-11-12-19)10-13-25(17)29-28(34)35-16-24-22-8-4-2-6-20(22)21-7-3-5-9-23(21)24/h2-10,13-14,19,24H,11-12,15-16H2,1H3,(H,29,34)(H,31,32). The number of anilines is 1. The van der Waals surface area contributed by atoms with Gasteiger partial charge < -0.3 is 14.7 Å². The molecule has 2 N–H and O–H groups in total. The molecule has 7 nitrogen and oxygen atoms in total. The summed E-state index contributed by atoms with van der Waals surface area (Å²) in [7, 11) is 0. The van der Waals surface area contributed by atoms with Crippen molar-refractivity contribution in [1.82, 2.24) is 4.90 Å². The van der Waals surface area contributed by atoms with Crippen molar-refractivity contribution in [3.63, 3.8) is 0 Å². The van der Waals surface area contributed by atoms with Crippen molar-refractivity contribution in [2.75, 3.05) is 18.5 Å². The Bertz CT molecular complexity index is 1270. The highest BCUT2D eigenvalue weighted by Gasteiger charge is 2.34. The number of carboxylic acid groups (broad SMARTS) is 1. The normalized spacial score (nSPS) is 14.1. The molecule has 178 valence electrons. The lowest BCUT2D eigenvalue weighted by Crippen LogP contribution is -2.37. The number of hydrogen-bond acceptors (Lipinski definition) is 4. The quantitative estimate of drug-likeness (QED) is 0.504. The first-order chi connectivity index (χ1) is 16.9. The molecule has 5 rings (SSSR count). The number of amides is 2. The summed E-state index contributed by atoms with van der Waals surface area (Å²) in [5, 5.41) is 11.9. The largest absolute Gasteiger partial charge is 0.480 e. The van der Waals surface area contributed by atoms with Crippen LogP contribution in [0.4, 0.5) is 10.5 Å². The molecule has 2 aliphatic carbocycles. The number of nitrogens with one attached hydrogen (secondary N) is 1. The van der Waals surface area contributed by atoms with Gasteiger partial charge in [0.1, 0.15) is 13.2 Å². The molecular weight excluding hydrogens is 444 g/mol. The van der Waals surface area contributed by atoms with Crippen LogP contribution in [-0.4, -0.2) is 47.2 Å². The maximum absolute atomic E-state index is 12.8. The second-order valence-corrected chi connectivity index (χ2v) is 9.04. The molecule has 3 aromatic carbocycles. The Labute approximate surface area is 203 Å². The Morgan fingerprint density at radius 1 is 0.971 bits per heavy atom. The molecule has 0 unspecified atom stereocenters. The van der Waals surface area contributed by atoms with Crippen molar-refractivity contribution in [1.29, 1.82) is 0 Å². The lowest BCUT2D eigenvalue weighted by atomic mass is 9.98. The fourth-order valence-corrected chi connectivity index (χ4v) is 4.75. The van der Waals surface area contributed by atoms with Crippen molar-refractivity contribution in [3.8, 4) is 11.1 Å². The van der Waals surface area contributed by atoms with Gasteiger partial charge in [0.05, 0.1) is 0 Å². The number of rotatable bonds is 7. The molecule has 0 aliphatic heterocycles. The van der Waals surface area contributed by atoms with Gasteiger partial charge in [0.2, 0.25) is 0 Å². The zero-order valence-electron chi connectivity index (χ0n) is 19.4. The lowest BCUT2D eigenvalue weighted by molar-refractivity contribution is -0.137. The highest BCUT2D eigenvalue weighted by atomic mass is 16.5. The highest BCUT2D eigenvalue weighted by molar-refractivity contribution is 5.97. The summed E-state index contributed by atoms with van der Waals surface area (Å²) < 4.78 is 5.61. The van der Waals surface area contributed by atoms with E-state index in [1.165, 1.54) is 4.90 Å². The van der Waals surface area contributed by atoms with Crippen LogP contribution < -0.4 is 5.32 Å². The van der Waals surface area contributed by atoms with E-state index >= 15 is 0 Å². The Morgan fingerprint density at radius 2 is 1.60 bits per heavy atom. The van der Waals surface area contributed by atoms with Crippen LogP contribution in [0.1, 0.15) is 45.8 Å². The van der Waals surface area contributed by atoms with E-state index in [1.54, 1.807) is 25.1 Å². The van der Waals surface area contributed by atoms with E-state index in [0.717, 1.165) is 35.1 Å². The van der Waals surface area contributed by atoms with Gasteiger partial charge in [-0.2, -0.15) is 0 Å². The van der Waals surface area contributed by atoms with E-state index in [4.69, 9.17) is 9.84 Å². The van der Waals surface area contributed by atoms with E-state index in [-0.39, 0.29) is 31.0 Å². The minimum Gasteiger partial charge on any atom is -0.480 e. The molecule has 0 heterocycles. The van der Waals surface area contributed by atoms with Crippen LogP contribution in [0.5, 0.6) is 0 Å². The maximum Gasteiger partial charge on any atom is 0.411 e. The third kappa shape index (κ3) is 4.62. The smallest absolute Gasteiger partial charge is 0.411 e. The molecule has 7 heteroatoms. The number of nitrogens with zero attached hydrogens (tertiary/aromatic N) is 1. The molecular formula is C28H26N2O5. The molecule has 0 saturated heterocycles. The average molecular weight is 471 g/mol. The summed E-state index contributed by atoms with van der Waals surface area (Å²) in [5.41, 5.74) is 6.23. The van der Waals surface area contributed by atoms with Crippen LogP contribution in [0.15, 0.2) is 66.7 Å². The van der Waals surface area contributed by atoms with Gasteiger partial charge in [0, 0.05) is 23.2 Å². The fraction of sp³-hybridized carbons (Fsp3) is 0.250. The number of hydrogen-bond donors (Lipinski definition) is 2. The van der Waals surface area contributed by atoms with Crippen molar-refractivity contribution >= 4 is 23.7 Å². The van der Waals surface area contributed by atoms with Crippen LogP contribution in [0.25, 0.3) is 11.1 Å². The Morgan fingerprint density at radius 3 is 2.17 bits per heavy atom. The van der Waals surface area contributed by atoms with Gasteiger partial charge in [-0.25, -0.2) is 4.79 Å². The molecule has 0 aromatic heterocycles. The van der Waals surface area contributed by atoms with Gasteiger partial charge in [-0.05, 0) is 65.8 Å². The average Bonchev–Trinajstić information content (AvgIpc) is 3.64. The van der Waals surface area contributed by atoms with Gasteiger partial charge in [0.15, 0.2) is 0 Å². The molecule has 1 saturated carbocycles. The van der Waals surface area contributed by atoms with Gasteiger partial charge >= 0.3 is 12.1 Å². The zero-order valence-corrected chi connectivity index (χ0v) is 19.4. The van der Waals surface area contributed by atoms with Gasteiger partial charge in [-0.1, -0.05) is 48.5 Å². The summed E-state index contributed by atoms with van der Waals surface area (Å²) in [6.07, 6.45) is 1.07. The predicted octanol–water partition coefficient (Wildman–Crippen LogP) is 5.05. The Kier molecular flexibility index (Phi) is 5.99. The number of ether oxygens (including phenoxy) is 1. The van der Waals surface area contributed by atoms with Crippen LogP contribution in [0, 0.1) is 6.92 Å². The first-order valence-corrected chi connectivity index (χ1v) is 11.7. The topological polar surface area (TPSA) is 95.9 Å². The van der Waals surface area contributed by atoms with E-state index in [0.29, 0.717) is 16.8 Å².